The molecule has 0 saturated heterocycles. The lowest BCUT2D eigenvalue weighted by atomic mass is 10.1. The van der Waals surface area contributed by atoms with E-state index < -0.39 is 11.7 Å². The van der Waals surface area contributed by atoms with E-state index in [0.717, 1.165) is 6.42 Å². The van der Waals surface area contributed by atoms with Crippen LogP contribution < -0.4 is 14.8 Å². The first kappa shape index (κ1) is 21.3. The monoisotopic (exact) mass is 402 g/mol. The normalized spacial score (nSPS) is 12.1. The van der Waals surface area contributed by atoms with Crippen molar-refractivity contribution in [3.05, 3.63) is 58.4 Å². The van der Waals surface area contributed by atoms with Gasteiger partial charge >= 0.3 is 0 Å². The zero-order valence-electron chi connectivity index (χ0n) is 15.8. The minimum Gasteiger partial charge on any atom is -0.493 e. The number of hydrogen-bond donors (Lipinski definition) is 1. The fraction of sp³-hybridized carbons (Fsp3) is 0.238. The van der Waals surface area contributed by atoms with Gasteiger partial charge in [-0.25, -0.2) is 4.39 Å². The topological polar surface area (TPSA) is 71.3 Å². The van der Waals surface area contributed by atoms with Gasteiger partial charge in [0.25, 0.3) is 5.91 Å². The van der Waals surface area contributed by atoms with Gasteiger partial charge in [-0.05, 0) is 61.4 Å². The number of rotatable bonds is 7. The Morgan fingerprint density at radius 1 is 1.36 bits per heavy atom. The Bertz CT molecular complexity index is 920. The molecule has 0 radical (unpaired) electrons. The molecule has 2 rings (SSSR count). The minimum atomic E-state index is -0.621. The average molecular weight is 403 g/mol. The molecule has 2 aromatic rings. The summed E-state index contributed by atoms with van der Waals surface area (Å²) in [6.07, 6.45) is 2.13. The molecule has 0 aromatic heterocycles. The standard InChI is InChI=1S/C21H20ClFN2O3/c1-4-13(2)28-20-18(22)10-14(11-19(20)27-3)9-15(12-24)21(26)25-17-7-5-16(23)6-8-17/h5-11,13H,4H2,1-3H3,(H,25,26). The van der Waals surface area contributed by atoms with Gasteiger partial charge in [0.05, 0.1) is 18.2 Å². The molecular formula is C21H20ClFN2O3. The van der Waals surface area contributed by atoms with Crippen LogP contribution in [0.1, 0.15) is 25.8 Å². The molecule has 28 heavy (non-hydrogen) atoms. The van der Waals surface area contributed by atoms with E-state index in [1.165, 1.54) is 37.5 Å². The lowest BCUT2D eigenvalue weighted by molar-refractivity contribution is -0.112. The van der Waals surface area contributed by atoms with E-state index in [-0.39, 0.29) is 11.7 Å². The van der Waals surface area contributed by atoms with Crippen LogP contribution in [0.2, 0.25) is 5.02 Å². The predicted octanol–water partition coefficient (Wildman–Crippen LogP) is 5.21. The van der Waals surface area contributed by atoms with Crippen molar-refractivity contribution in [3.8, 4) is 17.6 Å². The van der Waals surface area contributed by atoms with Gasteiger partial charge in [0.2, 0.25) is 0 Å². The second-order valence-corrected chi connectivity index (χ2v) is 6.41. The minimum absolute atomic E-state index is 0.0519. The Morgan fingerprint density at radius 2 is 2.04 bits per heavy atom. The molecule has 0 spiro atoms. The van der Waals surface area contributed by atoms with Gasteiger partial charge in [-0.1, -0.05) is 18.5 Å². The first-order valence-electron chi connectivity index (χ1n) is 8.60. The molecule has 1 amide bonds. The second kappa shape index (κ2) is 9.77. The van der Waals surface area contributed by atoms with E-state index in [9.17, 15) is 14.4 Å². The van der Waals surface area contributed by atoms with Gasteiger partial charge in [0.1, 0.15) is 17.5 Å². The number of carbonyl (C=O) groups excluding carboxylic acids is 1. The van der Waals surface area contributed by atoms with Gasteiger partial charge in [-0.15, -0.1) is 0 Å². The summed E-state index contributed by atoms with van der Waals surface area (Å²) in [5.41, 5.74) is 0.739. The molecule has 0 aliphatic carbocycles. The van der Waals surface area contributed by atoms with Crippen LogP contribution in [0.3, 0.4) is 0 Å². The summed E-state index contributed by atoms with van der Waals surface area (Å²) in [4.78, 5) is 12.3. The molecule has 5 nitrogen and oxygen atoms in total. The van der Waals surface area contributed by atoms with Crippen LogP contribution in [0.25, 0.3) is 6.08 Å². The summed E-state index contributed by atoms with van der Waals surface area (Å²) >= 11 is 6.31. The summed E-state index contributed by atoms with van der Waals surface area (Å²) < 4.78 is 24.1. The van der Waals surface area contributed by atoms with E-state index in [1.807, 2.05) is 19.9 Å². The van der Waals surface area contributed by atoms with Crippen LogP contribution in [-0.4, -0.2) is 19.1 Å². The van der Waals surface area contributed by atoms with E-state index in [4.69, 9.17) is 21.1 Å². The van der Waals surface area contributed by atoms with Gasteiger partial charge in [0.15, 0.2) is 11.5 Å². The molecule has 0 saturated carbocycles. The van der Waals surface area contributed by atoms with E-state index in [0.29, 0.717) is 27.8 Å². The van der Waals surface area contributed by atoms with E-state index in [1.54, 1.807) is 12.1 Å². The molecule has 0 bridgehead atoms. The van der Waals surface area contributed by atoms with Crippen molar-refractivity contribution in [1.29, 1.82) is 5.26 Å². The highest BCUT2D eigenvalue weighted by Crippen LogP contribution is 2.38. The zero-order chi connectivity index (χ0) is 20.7. The molecule has 0 heterocycles. The number of carbonyl (C=O) groups is 1. The Hall–Kier alpha value is -3.04. The highest BCUT2D eigenvalue weighted by atomic mass is 35.5. The Kier molecular flexibility index (Phi) is 7.42. The van der Waals surface area contributed by atoms with Crippen molar-refractivity contribution >= 4 is 29.3 Å². The summed E-state index contributed by atoms with van der Waals surface area (Å²) in [5, 5.41) is 12.2. The smallest absolute Gasteiger partial charge is 0.266 e. The largest absolute Gasteiger partial charge is 0.493 e. The third-order valence-corrected chi connectivity index (χ3v) is 4.20. The van der Waals surface area contributed by atoms with Crippen LogP contribution in [0.5, 0.6) is 11.5 Å². The molecule has 2 aromatic carbocycles. The van der Waals surface area contributed by atoms with Crippen molar-refractivity contribution in [2.75, 3.05) is 12.4 Å². The molecule has 1 unspecified atom stereocenters. The molecule has 1 atom stereocenters. The quantitative estimate of drug-likeness (QED) is 0.509. The van der Waals surface area contributed by atoms with Crippen molar-refractivity contribution in [2.24, 2.45) is 0 Å². The number of benzene rings is 2. The number of anilines is 1. The molecule has 7 heteroatoms. The number of halogens is 2. The fourth-order valence-electron chi connectivity index (χ4n) is 2.27. The maximum Gasteiger partial charge on any atom is 0.266 e. The summed E-state index contributed by atoms with van der Waals surface area (Å²) in [6, 6.07) is 10.3. The number of methoxy groups -OCH3 is 1. The van der Waals surface area contributed by atoms with Crippen LogP contribution in [0.15, 0.2) is 42.0 Å². The molecule has 1 N–H and O–H groups in total. The van der Waals surface area contributed by atoms with Gasteiger partial charge < -0.3 is 14.8 Å². The number of ether oxygens (including phenoxy) is 2. The second-order valence-electron chi connectivity index (χ2n) is 6.00. The van der Waals surface area contributed by atoms with E-state index >= 15 is 0 Å². The first-order valence-corrected chi connectivity index (χ1v) is 8.98. The Labute approximate surface area is 168 Å². The predicted molar refractivity (Wildman–Crippen MR) is 107 cm³/mol. The fourth-order valence-corrected chi connectivity index (χ4v) is 2.53. The lowest BCUT2D eigenvalue weighted by Gasteiger charge is -2.17. The SMILES string of the molecule is CCC(C)Oc1c(Cl)cc(C=C(C#N)C(=O)Nc2ccc(F)cc2)cc1OC. The Morgan fingerprint density at radius 3 is 2.61 bits per heavy atom. The number of amides is 1. The maximum atomic E-state index is 13.0. The van der Waals surface area contributed by atoms with Gasteiger partial charge in [-0.2, -0.15) is 5.26 Å². The number of nitrogens with one attached hydrogen (secondary N) is 1. The van der Waals surface area contributed by atoms with Crippen LogP contribution in [0.4, 0.5) is 10.1 Å². The summed E-state index contributed by atoms with van der Waals surface area (Å²) in [7, 11) is 1.48. The summed E-state index contributed by atoms with van der Waals surface area (Å²) in [6.45, 7) is 3.90. The van der Waals surface area contributed by atoms with Gasteiger partial charge in [-0.3, -0.25) is 4.79 Å². The highest BCUT2D eigenvalue weighted by Gasteiger charge is 2.16. The van der Waals surface area contributed by atoms with Crippen LogP contribution in [-0.2, 0) is 4.79 Å². The average Bonchev–Trinajstić information content (AvgIpc) is 2.69. The highest BCUT2D eigenvalue weighted by molar-refractivity contribution is 6.32. The number of nitriles is 1. The van der Waals surface area contributed by atoms with Crippen LogP contribution >= 0.6 is 11.6 Å². The zero-order valence-corrected chi connectivity index (χ0v) is 16.5. The third-order valence-electron chi connectivity index (χ3n) is 3.92. The molecule has 146 valence electrons. The third kappa shape index (κ3) is 5.48. The lowest BCUT2D eigenvalue weighted by Crippen LogP contribution is -2.13. The molecular weight excluding hydrogens is 383 g/mol. The first-order chi connectivity index (χ1) is 13.4. The van der Waals surface area contributed by atoms with Crippen molar-refractivity contribution in [2.45, 2.75) is 26.4 Å². The number of nitrogens with zero attached hydrogens (tertiary/aromatic N) is 1. The van der Waals surface area contributed by atoms with Crippen molar-refractivity contribution < 1.29 is 18.7 Å². The van der Waals surface area contributed by atoms with Crippen LogP contribution in [0, 0.1) is 17.1 Å². The molecule has 0 fully saturated rings. The maximum absolute atomic E-state index is 13.0. The Balaban J connectivity index is 2.30. The number of hydrogen-bond acceptors (Lipinski definition) is 4. The summed E-state index contributed by atoms with van der Waals surface area (Å²) in [5.74, 6) is -0.236. The van der Waals surface area contributed by atoms with Crippen molar-refractivity contribution in [3.63, 3.8) is 0 Å². The van der Waals surface area contributed by atoms with E-state index in [2.05, 4.69) is 5.32 Å². The van der Waals surface area contributed by atoms with Crippen molar-refractivity contribution in [1.82, 2.24) is 0 Å². The van der Waals surface area contributed by atoms with Gasteiger partial charge in [0, 0.05) is 5.69 Å². The molecule has 0 aliphatic heterocycles. The molecule has 0 aliphatic rings.